The number of carbonyl (C=O) groups excluding carboxylic acids is 2. The first kappa shape index (κ1) is 22.2. The van der Waals surface area contributed by atoms with Crippen molar-refractivity contribution in [3.63, 3.8) is 0 Å². The number of amides is 1. The maximum Gasteiger partial charge on any atom is 0.451 e. The molecule has 0 unspecified atom stereocenters. The van der Waals surface area contributed by atoms with Crippen molar-refractivity contribution in [3.05, 3.63) is 33.9 Å². The van der Waals surface area contributed by atoms with E-state index in [1.165, 1.54) is 17.9 Å². The number of ketones is 1. The fourth-order valence-corrected chi connectivity index (χ4v) is 4.44. The zero-order chi connectivity index (χ0) is 22.1. The number of fused-ring (bicyclic) bond motifs is 1. The molecule has 0 aliphatic heterocycles. The Labute approximate surface area is 176 Å². The molecule has 2 N–H and O–H groups in total. The topological polar surface area (TPSA) is 110 Å². The molecule has 0 fully saturated rings. The monoisotopic (exact) mass is 459 g/mol. The number of carbonyl (C=O) groups is 2. The minimum atomic E-state index is -4.73. The lowest BCUT2D eigenvalue weighted by Crippen LogP contribution is -2.28. The number of rotatable bonds is 7. The van der Waals surface area contributed by atoms with E-state index >= 15 is 0 Å². The minimum Gasteiger partial charge on any atom is -0.387 e. The summed E-state index contributed by atoms with van der Waals surface area (Å²) in [6.45, 7) is 1.07. The predicted octanol–water partition coefficient (Wildman–Crippen LogP) is 2.59. The molecule has 8 nitrogen and oxygen atoms in total. The zero-order valence-corrected chi connectivity index (χ0v) is 17.4. The summed E-state index contributed by atoms with van der Waals surface area (Å²) in [5, 5.41) is 15.6. The Bertz CT molecular complexity index is 1100. The molecule has 3 heterocycles. The van der Waals surface area contributed by atoms with Crippen molar-refractivity contribution in [1.82, 2.24) is 25.1 Å². The van der Waals surface area contributed by atoms with Crippen molar-refractivity contribution >= 4 is 45.8 Å². The van der Waals surface area contributed by atoms with E-state index in [1.54, 1.807) is 19.1 Å². The molecule has 1 atom stereocenters. The van der Waals surface area contributed by atoms with Gasteiger partial charge in [-0.15, -0.1) is 11.3 Å². The van der Waals surface area contributed by atoms with Crippen LogP contribution in [-0.4, -0.2) is 48.9 Å². The molecular weight excluding hydrogens is 443 g/mol. The van der Waals surface area contributed by atoms with E-state index in [1.807, 2.05) is 0 Å². The number of hydrogen-bond donors (Lipinski definition) is 2. The molecule has 1 amide bonds. The van der Waals surface area contributed by atoms with Crippen molar-refractivity contribution in [2.45, 2.75) is 24.2 Å². The van der Waals surface area contributed by atoms with E-state index < -0.39 is 30.6 Å². The van der Waals surface area contributed by atoms with E-state index in [2.05, 4.69) is 20.4 Å². The first-order chi connectivity index (χ1) is 14.1. The maximum absolute atomic E-state index is 13.1. The van der Waals surface area contributed by atoms with Gasteiger partial charge in [0.15, 0.2) is 11.4 Å². The van der Waals surface area contributed by atoms with Crippen LogP contribution in [0.15, 0.2) is 23.4 Å². The fourth-order valence-electron chi connectivity index (χ4n) is 2.53. The molecule has 0 aromatic carbocycles. The summed E-state index contributed by atoms with van der Waals surface area (Å²) in [7, 11) is 1.47. The first-order valence-corrected chi connectivity index (χ1v) is 10.3. The number of alkyl halides is 3. The van der Waals surface area contributed by atoms with Crippen molar-refractivity contribution in [2.75, 3.05) is 12.4 Å². The fraction of sp³-hybridized carbons (Fsp3) is 0.353. The zero-order valence-electron chi connectivity index (χ0n) is 15.7. The largest absolute Gasteiger partial charge is 0.451 e. The number of hydrogen-bond acceptors (Lipinski definition) is 8. The van der Waals surface area contributed by atoms with Gasteiger partial charge in [0, 0.05) is 11.9 Å². The highest BCUT2D eigenvalue weighted by Crippen LogP contribution is 2.32. The van der Waals surface area contributed by atoms with E-state index in [4.69, 9.17) is 5.11 Å². The van der Waals surface area contributed by atoms with Gasteiger partial charge in [0.1, 0.15) is 11.6 Å². The number of thioether (sulfide) groups is 1. The van der Waals surface area contributed by atoms with Gasteiger partial charge in [-0.05, 0) is 19.1 Å². The quantitative estimate of drug-likeness (QED) is 0.317. The molecule has 0 saturated carbocycles. The number of thiophene rings is 1. The van der Waals surface area contributed by atoms with Gasteiger partial charge in [0.2, 0.25) is 11.7 Å². The summed E-state index contributed by atoms with van der Waals surface area (Å²) >= 11 is 2.04. The van der Waals surface area contributed by atoms with Crippen molar-refractivity contribution in [2.24, 2.45) is 7.05 Å². The average Bonchev–Trinajstić information content (AvgIpc) is 3.32. The van der Waals surface area contributed by atoms with Crippen LogP contribution in [0.2, 0.25) is 0 Å². The number of aliphatic hydroxyl groups excluding tert-OH is 1. The third-order valence-corrected chi connectivity index (χ3v) is 6.30. The summed E-state index contributed by atoms with van der Waals surface area (Å²) in [5.41, 5.74) is 0.0270. The van der Waals surface area contributed by atoms with Crippen LogP contribution in [0.3, 0.4) is 0 Å². The SMILES string of the molecule is C[C@H](NC(=O)CO)c1ccc(C(=O)CSc2nc(C(F)(F)F)nc3c2cnn3C)s1. The molecule has 13 heteroatoms. The molecule has 0 saturated heterocycles. The Hall–Kier alpha value is -2.51. The van der Waals surface area contributed by atoms with Crippen LogP contribution in [0, 0.1) is 0 Å². The molecule has 160 valence electrons. The normalized spacial score (nSPS) is 12.9. The molecule has 3 rings (SSSR count). The number of aliphatic hydroxyl groups is 1. The Balaban J connectivity index is 1.77. The summed E-state index contributed by atoms with van der Waals surface area (Å²) in [4.78, 5) is 32.0. The van der Waals surface area contributed by atoms with Crippen molar-refractivity contribution in [3.8, 4) is 0 Å². The van der Waals surface area contributed by atoms with Crippen molar-refractivity contribution in [1.29, 1.82) is 0 Å². The average molecular weight is 459 g/mol. The molecule has 30 heavy (non-hydrogen) atoms. The number of nitrogens with one attached hydrogen (secondary N) is 1. The Morgan fingerprint density at radius 3 is 2.73 bits per heavy atom. The number of aryl methyl sites for hydroxylation is 1. The maximum atomic E-state index is 13.1. The molecular formula is C17H16F3N5O3S2. The van der Waals surface area contributed by atoms with Crippen LogP contribution in [0.25, 0.3) is 11.0 Å². The summed E-state index contributed by atoms with van der Waals surface area (Å²) in [6.07, 6.45) is -3.37. The lowest BCUT2D eigenvalue weighted by Gasteiger charge is -2.10. The Kier molecular flexibility index (Phi) is 6.43. The molecule has 3 aromatic heterocycles. The van der Waals surface area contributed by atoms with Gasteiger partial charge in [0.05, 0.1) is 28.3 Å². The number of Topliss-reactive ketones (excluding diaryl/α,β-unsaturated/α-hetero) is 1. The van der Waals surface area contributed by atoms with Crippen LogP contribution in [0.5, 0.6) is 0 Å². The summed E-state index contributed by atoms with van der Waals surface area (Å²) < 4.78 is 40.6. The van der Waals surface area contributed by atoms with Gasteiger partial charge in [0.25, 0.3) is 0 Å². The van der Waals surface area contributed by atoms with Crippen LogP contribution < -0.4 is 5.32 Å². The molecule has 0 radical (unpaired) electrons. The summed E-state index contributed by atoms with van der Waals surface area (Å²) in [5.74, 6) is -2.25. The second kappa shape index (κ2) is 8.70. The molecule has 0 aliphatic rings. The number of halogens is 3. The Morgan fingerprint density at radius 1 is 1.33 bits per heavy atom. The number of nitrogens with zero attached hydrogens (tertiary/aromatic N) is 4. The molecule has 0 bridgehead atoms. The highest BCUT2D eigenvalue weighted by molar-refractivity contribution is 8.00. The van der Waals surface area contributed by atoms with E-state index in [0.29, 0.717) is 15.1 Å². The number of aromatic nitrogens is 4. The van der Waals surface area contributed by atoms with Gasteiger partial charge in [-0.1, -0.05) is 11.8 Å². The molecule has 0 aliphatic carbocycles. The second-order valence-corrected chi connectivity index (χ2v) is 8.30. The van der Waals surface area contributed by atoms with Crippen LogP contribution in [-0.2, 0) is 18.0 Å². The standard InChI is InChI=1S/C17H16F3N5O3S2/c1-8(22-13(28)6-26)11-3-4-12(30-11)10(27)7-29-15-9-5-21-25(2)14(9)23-16(24-15)17(18,19)20/h3-5,8,26H,6-7H2,1-2H3,(H,22,28)/t8-/m0/s1. The van der Waals surface area contributed by atoms with E-state index in [9.17, 15) is 22.8 Å². The van der Waals surface area contributed by atoms with Gasteiger partial charge < -0.3 is 10.4 Å². The third-order valence-electron chi connectivity index (χ3n) is 4.00. The van der Waals surface area contributed by atoms with E-state index in [0.717, 1.165) is 23.1 Å². The highest BCUT2D eigenvalue weighted by Gasteiger charge is 2.36. The smallest absolute Gasteiger partial charge is 0.387 e. The Morgan fingerprint density at radius 2 is 2.07 bits per heavy atom. The van der Waals surface area contributed by atoms with Crippen LogP contribution >= 0.6 is 23.1 Å². The highest BCUT2D eigenvalue weighted by atomic mass is 32.2. The summed E-state index contributed by atoms with van der Waals surface area (Å²) in [6, 6.07) is 2.87. The molecule has 0 spiro atoms. The lowest BCUT2D eigenvalue weighted by atomic mass is 10.2. The first-order valence-electron chi connectivity index (χ1n) is 8.53. The van der Waals surface area contributed by atoms with E-state index in [-0.39, 0.29) is 22.2 Å². The molecule has 3 aromatic rings. The second-order valence-electron chi connectivity index (χ2n) is 6.22. The lowest BCUT2D eigenvalue weighted by molar-refractivity contribution is -0.145. The van der Waals surface area contributed by atoms with Gasteiger partial charge in [-0.3, -0.25) is 14.3 Å². The van der Waals surface area contributed by atoms with Gasteiger partial charge >= 0.3 is 6.18 Å². The van der Waals surface area contributed by atoms with Crippen LogP contribution in [0.1, 0.15) is 33.3 Å². The van der Waals surface area contributed by atoms with Gasteiger partial charge in [-0.2, -0.15) is 18.3 Å². The van der Waals surface area contributed by atoms with Gasteiger partial charge in [-0.25, -0.2) is 9.97 Å². The minimum absolute atomic E-state index is 0.0223. The van der Waals surface area contributed by atoms with Crippen molar-refractivity contribution < 1.29 is 27.9 Å². The third kappa shape index (κ3) is 4.79. The predicted molar refractivity (Wildman–Crippen MR) is 104 cm³/mol. The van der Waals surface area contributed by atoms with Crippen LogP contribution in [0.4, 0.5) is 13.2 Å².